The van der Waals surface area contributed by atoms with E-state index in [0.717, 1.165) is 0 Å². The van der Waals surface area contributed by atoms with E-state index in [2.05, 4.69) is 6.07 Å². The highest BCUT2D eigenvalue weighted by molar-refractivity contribution is 6.32. The molecule has 0 unspecified atom stereocenters. The second-order valence-electron chi connectivity index (χ2n) is 4.59. The highest BCUT2D eigenvalue weighted by Crippen LogP contribution is 2.34. The Labute approximate surface area is 139 Å². The summed E-state index contributed by atoms with van der Waals surface area (Å²) in [6, 6.07) is 14.3. The molecule has 0 atom stereocenters. The normalized spacial score (nSPS) is 10.6. The Balaban J connectivity index is 2.51. The van der Waals surface area contributed by atoms with Crippen LogP contribution in [0.25, 0.3) is 11.6 Å². The molecule has 4 nitrogen and oxygen atoms in total. The molecule has 0 heterocycles. The maximum Gasteiger partial charge on any atom is 0.141 e. The fraction of sp³-hybridized carbons (Fsp3) is 0.111. The van der Waals surface area contributed by atoms with Crippen molar-refractivity contribution in [1.82, 2.24) is 0 Å². The zero-order valence-corrected chi connectivity index (χ0v) is 13.4. The van der Waals surface area contributed by atoms with Crippen LogP contribution in [0.3, 0.4) is 0 Å². The average Bonchev–Trinajstić information content (AvgIpc) is 2.60. The van der Waals surface area contributed by atoms with E-state index in [1.807, 2.05) is 6.07 Å². The number of hydrogen-bond donors (Lipinski definition) is 0. The topological polar surface area (TPSA) is 66.0 Å². The lowest BCUT2D eigenvalue weighted by Gasteiger charge is -2.10. The molecule has 0 saturated heterocycles. The van der Waals surface area contributed by atoms with E-state index in [9.17, 15) is 5.26 Å². The molecule has 5 heteroatoms. The molecule has 23 heavy (non-hydrogen) atoms. The van der Waals surface area contributed by atoms with Gasteiger partial charge in [0.05, 0.1) is 42.5 Å². The lowest BCUT2D eigenvalue weighted by atomic mass is 10.0. The van der Waals surface area contributed by atoms with Gasteiger partial charge in [-0.1, -0.05) is 23.7 Å². The van der Waals surface area contributed by atoms with Crippen LogP contribution >= 0.6 is 11.6 Å². The van der Waals surface area contributed by atoms with Gasteiger partial charge in [-0.05, 0) is 29.8 Å². The summed E-state index contributed by atoms with van der Waals surface area (Å²) in [5.74, 6) is 1.05. The molecule has 0 aliphatic carbocycles. The van der Waals surface area contributed by atoms with Crippen LogP contribution in [-0.4, -0.2) is 14.2 Å². The smallest absolute Gasteiger partial charge is 0.141 e. The Morgan fingerprint density at radius 1 is 1.04 bits per heavy atom. The first-order valence-corrected chi connectivity index (χ1v) is 7.04. The van der Waals surface area contributed by atoms with Crippen LogP contribution in [0.1, 0.15) is 16.7 Å². The number of ether oxygens (including phenoxy) is 2. The van der Waals surface area contributed by atoms with Crippen LogP contribution in [0, 0.1) is 22.7 Å². The van der Waals surface area contributed by atoms with Gasteiger partial charge in [-0.3, -0.25) is 0 Å². The number of hydrogen-bond acceptors (Lipinski definition) is 4. The van der Waals surface area contributed by atoms with E-state index >= 15 is 0 Å². The van der Waals surface area contributed by atoms with Crippen molar-refractivity contribution < 1.29 is 9.47 Å². The predicted octanol–water partition coefficient (Wildman–Crippen LogP) is 4.29. The van der Waals surface area contributed by atoms with E-state index in [0.29, 0.717) is 38.8 Å². The average molecular weight is 325 g/mol. The highest BCUT2D eigenvalue weighted by Gasteiger charge is 2.10. The van der Waals surface area contributed by atoms with Crippen LogP contribution in [0.4, 0.5) is 0 Å². The molecule has 2 aromatic carbocycles. The fourth-order valence-corrected chi connectivity index (χ4v) is 2.31. The Morgan fingerprint density at radius 2 is 1.70 bits per heavy atom. The standard InChI is InChI=1S/C18H13ClN2O2/c1-22-17-9-18(23-2)16(19)8-14(17)7-15(11-21)13-5-3-12(10-20)4-6-13/h3-9H,1-2H3. The number of allylic oxidation sites excluding steroid dienone is 1. The number of nitriles is 2. The molecule has 0 bridgehead atoms. The maximum atomic E-state index is 9.42. The monoisotopic (exact) mass is 324 g/mol. The molecule has 0 amide bonds. The van der Waals surface area contributed by atoms with Gasteiger partial charge in [0.2, 0.25) is 0 Å². The fourth-order valence-electron chi connectivity index (χ4n) is 2.06. The second kappa shape index (κ2) is 7.35. The molecule has 0 N–H and O–H groups in total. The summed E-state index contributed by atoms with van der Waals surface area (Å²) in [7, 11) is 3.06. The minimum Gasteiger partial charge on any atom is -0.496 e. The first kappa shape index (κ1) is 16.4. The summed E-state index contributed by atoms with van der Waals surface area (Å²) in [4.78, 5) is 0. The lowest BCUT2D eigenvalue weighted by molar-refractivity contribution is 0.394. The van der Waals surface area contributed by atoms with Crippen molar-refractivity contribution >= 4 is 23.3 Å². The van der Waals surface area contributed by atoms with E-state index < -0.39 is 0 Å². The molecular weight excluding hydrogens is 312 g/mol. The molecular formula is C18H13ClN2O2. The van der Waals surface area contributed by atoms with E-state index in [4.69, 9.17) is 26.3 Å². The predicted molar refractivity (Wildman–Crippen MR) is 89.2 cm³/mol. The lowest BCUT2D eigenvalue weighted by Crippen LogP contribution is -1.92. The Hall–Kier alpha value is -2.95. The molecule has 2 aromatic rings. The number of rotatable bonds is 4. The van der Waals surface area contributed by atoms with Gasteiger partial charge in [0.15, 0.2) is 0 Å². The van der Waals surface area contributed by atoms with Gasteiger partial charge < -0.3 is 9.47 Å². The SMILES string of the molecule is COc1cc(OC)c(C=C(C#N)c2ccc(C#N)cc2)cc1Cl. The number of nitrogens with zero attached hydrogens (tertiary/aromatic N) is 2. The summed E-state index contributed by atoms with van der Waals surface area (Å²) in [6.45, 7) is 0. The molecule has 114 valence electrons. The summed E-state index contributed by atoms with van der Waals surface area (Å²) >= 11 is 6.14. The number of methoxy groups -OCH3 is 2. The molecule has 0 aromatic heterocycles. The van der Waals surface area contributed by atoms with Crippen molar-refractivity contribution in [3.8, 4) is 23.6 Å². The third-order valence-corrected chi connectivity index (χ3v) is 3.54. The largest absolute Gasteiger partial charge is 0.496 e. The summed E-state index contributed by atoms with van der Waals surface area (Å²) in [6.07, 6.45) is 1.69. The molecule has 0 radical (unpaired) electrons. The third kappa shape index (κ3) is 3.63. The van der Waals surface area contributed by atoms with Crippen molar-refractivity contribution in [2.45, 2.75) is 0 Å². The van der Waals surface area contributed by atoms with Crippen LogP contribution in [-0.2, 0) is 0 Å². The summed E-state index contributed by atoms with van der Waals surface area (Å²) < 4.78 is 10.5. The van der Waals surface area contributed by atoms with Gasteiger partial charge in [0, 0.05) is 11.6 Å². The first-order chi connectivity index (χ1) is 11.1. The van der Waals surface area contributed by atoms with Crippen LogP contribution < -0.4 is 9.47 Å². The zero-order chi connectivity index (χ0) is 16.8. The molecule has 0 saturated carbocycles. The van der Waals surface area contributed by atoms with Crippen molar-refractivity contribution in [3.63, 3.8) is 0 Å². The number of benzene rings is 2. The second-order valence-corrected chi connectivity index (χ2v) is 4.99. The van der Waals surface area contributed by atoms with Crippen LogP contribution in [0.15, 0.2) is 36.4 Å². The van der Waals surface area contributed by atoms with Crippen molar-refractivity contribution in [2.75, 3.05) is 14.2 Å². The van der Waals surface area contributed by atoms with Crippen LogP contribution in [0.2, 0.25) is 5.02 Å². The van der Waals surface area contributed by atoms with Gasteiger partial charge in [0.25, 0.3) is 0 Å². The van der Waals surface area contributed by atoms with Gasteiger partial charge in [-0.25, -0.2) is 0 Å². The van der Waals surface area contributed by atoms with E-state index in [1.165, 1.54) is 14.2 Å². The van der Waals surface area contributed by atoms with Crippen molar-refractivity contribution in [1.29, 1.82) is 10.5 Å². The zero-order valence-electron chi connectivity index (χ0n) is 12.6. The summed E-state index contributed by atoms with van der Waals surface area (Å²) in [5.41, 5.74) is 2.35. The Morgan fingerprint density at radius 3 is 2.22 bits per heavy atom. The molecule has 2 rings (SSSR count). The van der Waals surface area contributed by atoms with E-state index in [1.54, 1.807) is 42.5 Å². The minimum atomic E-state index is 0.427. The third-order valence-electron chi connectivity index (χ3n) is 3.25. The Bertz CT molecular complexity index is 828. The highest BCUT2D eigenvalue weighted by atomic mass is 35.5. The van der Waals surface area contributed by atoms with Crippen molar-refractivity contribution in [3.05, 3.63) is 58.1 Å². The quantitative estimate of drug-likeness (QED) is 0.621. The molecule has 0 fully saturated rings. The molecule has 0 aliphatic rings. The number of halogens is 1. The van der Waals surface area contributed by atoms with Crippen LogP contribution in [0.5, 0.6) is 11.5 Å². The summed E-state index contributed by atoms with van der Waals surface area (Å²) in [5, 5.41) is 18.7. The maximum absolute atomic E-state index is 9.42. The Kier molecular flexibility index (Phi) is 5.25. The van der Waals surface area contributed by atoms with Gasteiger partial charge in [-0.2, -0.15) is 10.5 Å². The van der Waals surface area contributed by atoms with Gasteiger partial charge >= 0.3 is 0 Å². The molecule has 0 spiro atoms. The van der Waals surface area contributed by atoms with E-state index in [-0.39, 0.29) is 0 Å². The minimum absolute atomic E-state index is 0.427. The van der Waals surface area contributed by atoms with Gasteiger partial charge in [-0.15, -0.1) is 0 Å². The first-order valence-electron chi connectivity index (χ1n) is 6.66. The van der Waals surface area contributed by atoms with Crippen molar-refractivity contribution in [2.24, 2.45) is 0 Å². The molecule has 0 aliphatic heterocycles. The van der Waals surface area contributed by atoms with Gasteiger partial charge in [0.1, 0.15) is 11.5 Å².